The predicted octanol–water partition coefficient (Wildman–Crippen LogP) is 1.94. The average Bonchev–Trinajstić information content (AvgIpc) is 2.30. The number of thioether (sulfide) groups is 1. The number of carbonyl (C=O) groups excluding carboxylic acids is 1. The quantitative estimate of drug-likeness (QED) is 0.602. The van der Waals surface area contributed by atoms with Crippen LogP contribution in [0.1, 0.15) is 24.2 Å². The maximum atomic E-state index is 12.4. The number of phenolic OH excluding ortho intramolecular Hbond substituents is 1. The van der Waals surface area contributed by atoms with Crippen LogP contribution in [0.15, 0.2) is 18.2 Å². The van der Waals surface area contributed by atoms with Gasteiger partial charge in [-0.15, -0.1) is 0 Å². The van der Waals surface area contributed by atoms with Gasteiger partial charge in [-0.25, -0.2) is 0 Å². The molecule has 2 unspecified atom stereocenters. The van der Waals surface area contributed by atoms with Crippen LogP contribution < -0.4 is 5.73 Å². The van der Waals surface area contributed by atoms with Crippen LogP contribution in [0.5, 0.6) is 5.75 Å². The van der Waals surface area contributed by atoms with Gasteiger partial charge in [-0.1, -0.05) is 19.9 Å². The fraction of sp³-hybridized carbons (Fsp3) is 0.462. The molecule has 1 amide bonds. The number of amides is 1. The van der Waals surface area contributed by atoms with E-state index in [-0.39, 0.29) is 17.3 Å². The van der Waals surface area contributed by atoms with Crippen molar-refractivity contribution in [1.29, 1.82) is 0 Å². The van der Waals surface area contributed by atoms with Gasteiger partial charge in [-0.3, -0.25) is 4.79 Å². The van der Waals surface area contributed by atoms with E-state index in [1.807, 2.05) is 11.8 Å². The van der Waals surface area contributed by atoms with Crippen molar-refractivity contribution in [2.75, 3.05) is 18.8 Å². The number of nitrogen functional groups attached to an aromatic ring is 1. The van der Waals surface area contributed by atoms with Gasteiger partial charge in [-0.2, -0.15) is 11.8 Å². The molecule has 4 nitrogen and oxygen atoms in total. The summed E-state index contributed by atoms with van der Waals surface area (Å²) in [7, 11) is 0. The molecule has 1 heterocycles. The van der Waals surface area contributed by atoms with Crippen molar-refractivity contribution in [2.24, 2.45) is 0 Å². The zero-order valence-electron chi connectivity index (χ0n) is 10.6. The number of hydrogen-bond acceptors (Lipinski definition) is 4. The van der Waals surface area contributed by atoms with E-state index in [0.717, 1.165) is 0 Å². The number of benzene rings is 1. The maximum absolute atomic E-state index is 12.4. The number of aromatic hydroxyl groups is 1. The fourth-order valence-corrected chi connectivity index (χ4v) is 3.57. The van der Waals surface area contributed by atoms with Crippen molar-refractivity contribution in [3.05, 3.63) is 23.8 Å². The van der Waals surface area contributed by atoms with Gasteiger partial charge in [0.05, 0.1) is 11.3 Å². The van der Waals surface area contributed by atoms with Gasteiger partial charge in [0.2, 0.25) is 0 Å². The third kappa shape index (κ3) is 2.56. The Morgan fingerprint density at radius 3 is 2.61 bits per heavy atom. The second-order valence-electron chi connectivity index (χ2n) is 4.71. The van der Waals surface area contributed by atoms with Crippen LogP contribution in [0.2, 0.25) is 0 Å². The summed E-state index contributed by atoms with van der Waals surface area (Å²) in [5.74, 6) is -0.250. The molecule has 0 spiro atoms. The standard InChI is InChI=1S/C13H18N2O2S/c1-8-6-15(7-9(2)18-8)13(17)10-4-3-5-11(14)12(10)16/h3-5,8-9,16H,6-7,14H2,1-2H3. The fourth-order valence-electron chi connectivity index (χ4n) is 2.25. The Hall–Kier alpha value is -1.36. The molecule has 1 aliphatic heterocycles. The second kappa shape index (κ2) is 5.10. The van der Waals surface area contributed by atoms with E-state index in [0.29, 0.717) is 29.2 Å². The number of anilines is 1. The topological polar surface area (TPSA) is 66.6 Å². The number of para-hydroxylation sites is 1. The molecule has 3 N–H and O–H groups in total. The van der Waals surface area contributed by atoms with Gasteiger partial charge >= 0.3 is 0 Å². The summed E-state index contributed by atoms with van der Waals surface area (Å²) >= 11 is 1.88. The van der Waals surface area contributed by atoms with Gasteiger partial charge in [0.25, 0.3) is 5.91 Å². The molecule has 2 atom stereocenters. The van der Waals surface area contributed by atoms with E-state index >= 15 is 0 Å². The molecular formula is C13H18N2O2S. The lowest BCUT2D eigenvalue weighted by atomic mass is 10.1. The number of nitrogens with two attached hydrogens (primary N) is 1. The minimum absolute atomic E-state index is 0.110. The highest BCUT2D eigenvalue weighted by atomic mass is 32.2. The number of phenols is 1. The van der Waals surface area contributed by atoms with Crippen molar-refractivity contribution in [1.82, 2.24) is 4.90 Å². The summed E-state index contributed by atoms with van der Waals surface area (Å²) in [5.41, 5.74) is 6.15. The van der Waals surface area contributed by atoms with Crippen LogP contribution in [-0.2, 0) is 0 Å². The average molecular weight is 266 g/mol. The Labute approximate surface area is 111 Å². The number of nitrogens with zero attached hydrogens (tertiary/aromatic N) is 1. The molecule has 2 rings (SSSR count). The summed E-state index contributed by atoms with van der Waals surface area (Å²) in [5, 5.41) is 10.7. The molecule has 1 aromatic carbocycles. The van der Waals surface area contributed by atoms with E-state index in [9.17, 15) is 9.90 Å². The van der Waals surface area contributed by atoms with Crippen LogP contribution >= 0.6 is 11.8 Å². The normalized spacial score (nSPS) is 24.0. The van der Waals surface area contributed by atoms with Crippen molar-refractivity contribution in [3.8, 4) is 5.75 Å². The van der Waals surface area contributed by atoms with Crippen LogP contribution in [0, 0.1) is 0 Å². The van der Waals surface area contributed by atoms with E-state index in [2.05, 4.69) is 13.8 Å². The Morgan fingerprint density at radius 2 is 2.00 bits per heavy atom. The molecule has 5 heteroatoms. The van der Waals surface area contributed by atoms with Crippen LogP contribution in [0.4, 0.5) is 5.69 Å². The number of carbonyl (C=O) groups is 1. The summed E-state index contributed by atoms with van der Waals surface area (Å²) in [6.07, 6.45) is 0. The molecule has 98 valence electrons. The molecule has 18 heavy (non-hydrogen) atoms. The minimum Gasteiger partial charge on any atom is -0.505 e. The van der Waals surface area contributed by atoms with E-state index in [1.165, 1.54) is 0 Å². The summed E-state index contributed by atoms with van der Waals surface area (Å²) < 4.78 is 0. The van der Waals surface area contributed by atoms with Gasteiger partial charge in [0.1, 0.15) is 0 Å². The molecular weight excluding hydrogens is 248 g/mol. The second-order valence-corrected chi connectivity index (χ2v) is 6.59. The van der Waals surface area contributed by atoms with Gasteiger partial charge in [-0.05, 0) is 12.1 Å². The molecule has 1 fully saturated rings. The first-order valence-electron chi connectivity index (χ1n) is 6.01. The lowest BCUT2D eigenvalue weighted by molar-refractivity contribution is 0.0750. The predicted molar refractivity (Wildman–Crippen MR) is 74.9 cm³/mol. The summed E-state index contributed by atoms with van der Waals surface area (Å²) in [6.45, 7) is 5.64. The molecule has 1 saturated heterocycles. The van der Waals surface area contributed by atoms with Gasteiger partial charge < -0.3 is 15.7 Å². The first-order chi connectivity index (χ1) is 8.49. The Morgan fingerprint density at radius 1 is 1.39 bits per heavy atom. The smallest absolute Gasteiger partial charge is 0.257 e. The lowest BCUT2D eigenvalue weighted by Gasteiger charge is -2.34. The molecule has 1 aromatic rings. The van der Waals surface area contributed by atoms with Gasteiger partial charge in [0, 0.05) is 23.6 Å². The highest BCUT2D eigenvalue weighted by molar-refractivity contribution is 8.00. The van der Waals surface area contributed by atoms with Crippen LogP contribution in [0.25, 0.3) is 0 Å². The molecule has 0 saturated carbocycles. The first-order valence-corrected chi connectivity index (χ1v) is 6.95. The SMILES string of the molecule is CC1CN(C(=O)c2cccc(N)c2O)CC(C)S1. The Bertz CT molecular complexity index is 454. The third-order valence-electron chi connectivity index (χ3n) is 3.00. The molecule has 0 radical (unpaired) electrons. The summed E-state index contributed by atoms with van der Waals surface area (Å²) in [4.78, 5) is 14.2. The third-order valence-corrected chi connectivity index (χ3v) is 4.23. The molecule has 1 aliphatic rings. The lowest BCUT2D eigenvalue weighted by Crippen LogP contribution is -2.44. The minimum atomic E-state index is -0.140. The zero-order chi connectivity index (χ0) is 13.3. The molecule has 0 bridgehead atoms. The van der Waals surface area contributed by atoms with Crippen molar-refractivity contribution in [2.45, 2.75) is 24.3 Å². The number of hydrogen-bond donors (Lipinski definition) is 2. The van der Waals surface area contributed by atoms with Crippen LogP contribution in [0.3, 0.4) is 0 Å². The zero-order valence-corrected chi connectivity index (χ0v) is 11.4. The highest BCUT2D eigenvalue weighted by Gasteiger charge is 2.28. The van der Waals surface area contributed by atoms with Crippen molar-refractivity contribution in [3.63, 3.8) is 0 Å². The Kier molecular flexibility index (Phi) is 3.71. The summed E-state index contributed by atoms with van der Waals surface area (Å²) in [6, 6.07) is 4.89. The van der Waals surface area contributed by atoms with Crippen molar-refractivity contribution < 1.29 is 9.90 Å². The van der Waals surface area contributed by atoms with Gasteiger partial charge in [0.15, 0.2) is 5.75 Å². The monoisotopic (exact) mass is 266 g/mol. The first kappa shape index (κ1) is 13.1. The van der Waals surface area contributed by atoms with Crippen LogP contribution in [-0.4, -0.2) is 39.5 Å². The van der Waals surface area contributed by atoms with Crippen molar-refractivity contribution >= 4 is 23.4 Å². The molecule has 0 aliphatic carbocycles. The Balaban J connectivity index is 2.23. The van der Waals surface area contributed by atoms with E-state index in [1.54, 1.807) is 23.1 Å². The largest absolute Gasteiger partial charge is 0.505 e. The maximum Gasteiger partial charge on any atom is 0.257 e. The highest BCUT2D eigenvalue weighted by Crippen LogP contribution is 2.29. The number of rotatable bonds is 1. The molecule has 0 aromatic heterocycles. The van der Waals surface area contributed by atoms with E-state index in [4.69, 9.17) is 5.73 Å². The van der Waals surface area contributed by atoms with E-state index < -0.39 is 0 Å².